The Labute approximate surface area is 101 Å². The summed E-state index contributed by atoms with van der Waals surface area (Å²) in [6, 6.07) is 7.56. The average Bonchev–Trinajstić information content (AvgIpc) is 2.33. The van der Waals surface area contributed by atoms with Gasteiger partial charge in [0.25, 0.3) is 0 Å². The van der Waals surface area contributed by atoms with Crippen LogP contribution in [-0.2, 0) is 0 Å². The van der Waals surface area contributed by atoms with Gasteiger partial charge in [-0.1, -0.05) is 11.6 Å². The first kappa shape index (κ1) is 11.7. The molecule has 1 fully saturated rings. The topological polar surface area (TPSA) is 30.3 Å². The van der Waals surface area contributed by atoms with E-state index in [1.807, 2.05) is 24.3 Å². The second-order valence-corrected chi connectivity index (χ2v) is 4.60. The van der Waals surface area contributed by atoms with Gasteiger partial charge in [-0.15, -0.1) is 0 Å². The van der Waals surface area contributed by atoms with E-state index in [0.717, 1.165) is 23.9 Å². The van der Waals surface area contributed by atoms with E-state index in [1.54, 1.807) is 4.90 Å². The lowest BCUT2D eigenvalue weighted by Crippen LogP contribution is -3.20. The molecule has 0 radical (unpaired) electrons. The van der Waals surface area contributed by atoms with Gasteiger partial charge < -0.3 is 15.0 Å². The van der Waals surface area contributed by atoms with Gasteiger partial charge in [0.2, 0.25) is 0 Å². The van der Waals surface area contributed by atoms with Crippen molar-refractivity contribution in [3.63, 3.8) is 0 Å². The third-order valence-electron chi connectivity index (χ3n) is 2.94. The second kappa shape index (κ2) is 6.09. The standard InChI is InChI=1S/C12H17ClN2O/c13-11-1-3-12(4-2-11)16-10-9-15-7-5-14-6-8-15/h1-4,14H,5-10H2/p+2. The van der Waals surface area contributed by atoms with Crippen LogP contribution in [0.4, 0.5) is 0 Å². The Morgan fingerprint density at radius 3 is 2.56 bits per heavy atom. The molecule has 1 aromatic rings. The monoisotopic (exact) mass is 242 g/mol. The molecule has 1 aromatic carbocycles. The SMILES string of the molecule is Clc1ccc(OCC[NH+]2CC[NH2+]CC2)cc1. The first-order valence-corrected chi connectivity index (χ1v) is 6.26. The number of ether oxygens (including phenoxy) is 1. The molecule has 1 aliphatic heterocycles. The minimum atomic E-state index is 0.754. The van der Waals surface area contributed by atoms with Crippen molar-refractivity contribution in [3.05, 3.63) is 29.3 Å². The number of nitrogens with two attached hydrogens (primary N) is 1. The fourth-order valence-corrected chi connectivity index (χ4v) is 2.10. The number of rotatable bonds is 4. The summed E-state index contributed by atoms with van der Waals surface area (Å²) in [5.74, 6) is 0.910. The van der Waals surface area contributed by atoms with Crippen molar-refractivity contribution < 1.29 is 15.0 Å². The van der Waals surface area contributed by atoms with Crippen molar-refractivity contribution in [2.75, 3.05) is 39.3 Å². The van der Waals surface area contributed by atoms with Gasteiger partial charge in [-0.2, -0.15) is 0 Å². The number of hydrogen-bond acceptors (Lipinski definition) is 1. The van der Waals surface area contributed by atoms with Crippen LogP contribution in [-0.4, -0.2) is 39.3 Å². The zero-order valence-electron chi connectivity index (χ0n) is 9.42. The maximum atomic E-state index is 5.80. The van der Waals surface area contributed by atoms with Crippen LogP contribution >= 0.6 is 11.6 Å². The number of hydrogen-bond donors (Lipinski definition) is 2. The van der Waals surface area contributed by atoms with Gasteiger partial charge >= 0.3 is 0 Å². The fraction of sp³-hybridized carbons (Fsp3) is 0.500. The fourth-order valence-electron chi connectivity index (χ4n) is 1.98. The molecule has 0 unspecified atom stereocenters. The third-order valence-corrected chi connectivity index (χ3v) is 3.19. The molecule has 0 aliphatic carbocycles. The molecule has 4 heteroatoms. The molecule has 0 aromatic heterocycles. The normalized spacial score (nSPS) is 17.3. The largest absolute Gasteiger partial charge is 0.488 e. The van der Waals surface area contributed by atoms with Crippen LogP contribution < -0.4 is 15.0 Å². The molecule has 0 atom stereocenters. The van der Waals surface area contributed by atoms with Crippen molar-refractivity contribution in [3.8, 4) is 5.75 Å². The number of nitrogens with one attached hydrogen (secondary N) is 1. The summed E-state index contributed by atoms with van der Waals surface area (Å²) in [5, 5.41) is 3.13. The van der Waals surface area contributed by atoms with Gasteiger partial charge in [0.15, 0.2) is 0 Å². The molecule has 16 heavy (non-hydrogen) atoms. The van der Waals surface area contributed by atoms with Crippen molar-refractivity contribution in [2.45, 2.75) is 0 Å². The first-order valence-electron chi connectivity index (χ1n) is 5.88. The van der Waals surface area contributed by atoms with Gasteiger partial charge in [-0.25, -0.2) is 0 Å². The van der Waals surface area contributed by atoms with E-state index >= 15 is 0 Å². The van der Waals surface area contributed by atoms with Crippen LogP contribution in [0.2, 0.25) is 5.02 Å². The Morgan fingerprint density at radius 1 is 1.19 bits per heavy atom. The highest BCUT2D eigenvalue weighted by Crippen LogP contribution is 2.14. The molecule has 0 bridgehead atoms. The van der Waals surface area contributed by atoms with E-state index in [4.69, 9.17) is 16.3 Å². The molecule has 3 N–H and O–H groups in total. The molecule has 1 aliphatic rings. The quantitative estimate of drug-likeness (QED) is 0.710. The number of quaternary nitrogens is 2. The minimum Gasteiger partial charge on any atom is -0.488 e. The molecule has 3 nitrogen and oxygen atoms in total. The Kier molecular flexibility index (Phi) is 4.45. The Balaban J connectivity index is 1.69. The van der Waals surface area contributed by atoms with Crippen LogP contribution in [0.15, 0.2) is 24.3 Å². The Hall–Kier alpha value is -0.770. The summed E-state index contributed by atoms with van der Waals surface area (Å²) in [6.07, 6.45) is 0. The van der Waals surface area contributed by atoms with Crippen molar-refractivity contribution >= 4 is 11.6 Å². The second-order valence-electron chi connectivity index (χ2n) is 4.17. The summed E-state index contributed by atoms with van der Waals surface area (Å²) in [6.45, 7) is 6.88. The summed E-state index contributed by atoms with van der Waals surface area (Å²) in [4.78, 5) is 1.65. The van der Waals surface area contributed by atoms with E-state index in [2.05, 4.69) is 5.32 Å². The highest BCUT2D eigenvalue weighted by molar-refractivity contribution is 6.30. The van der Waals surface area contributed by atoms with E-state index in [1.165, 1.54) is 26.2 Å². The van der Waals surface area contributed by atoms with Crippen LogP contribution in [0.1, 0.15) is 0 Å². The molecular formula is C12H19ClN2O+2. The van der Waals surface area contributed by atoms with E-state index in [0.29, 0.717) is 0 Å². The van der Waals surface area contributed by atoms with Gasteiger partial charge in [-0.3, -0.25) is 0 Å². The highest BCUT2D eigenvalue weighted by atomic mass is 35.5. The lowest BCUT2D eigenvalue weighted by atomic mass is 10.3. The predicted molar refractivity (Wildman–Crippen MR) is 64.2 cm³/mol. The molecule has 2 rings (SSSR count). The van der Waals surface area contributed by atoms with Crippen LogP contribution in [0, 0.1) is 0 Å². The van der Waals surface area contributed by atoms with Crippen molar-refractivity contribution in [2.24, 2.45) is 0 Å². The van der Waals surface area contributed by atoms with Crippen LogP contribution in [0.3, 0.4) is 0 Å². The number of piperazine rings is 1. The average molecular weight is 243 g/mol. The predicted octanol–water partition coefficient (Wildman–Crippen LogP) is -0.819. The molecule has 0 spiro atoms. The van der Waals surface area contributed by atoms with Gasteiger partial charge in [0, 0.05) is 5.02 Å². The first-order chi connectivity index (χ1) is 7.84. The maximum Gasteiger partial charge on any atom is 0.137 e. The van der Waals surface area contributed by atoms with E-state index in [9.17, 15) is 0 Å². The highest BCUT2D eigenvalue weighted by Gasteiger charge is 2.14. The van der Waals surface area contributed by atoms with Crippen molar-refractivity contribution in [1.29, 1.82) is 0 Å². The smallest absolute Gasteiger partial charge is 0.137 e. The lowest BCUT2D eigenvalue weighted by Gasteiger charge is -2.22. The van der Waals surface area contributed by atoms with Crippen LogP contribution in [0.25, 0.3) is 0 Å². The summed E-state index contributed by atoms with van der Waals surface area (Å²) in [7, 11) is 0. The molecule has 0 amide bonds. The zero-order valence-corrected chi connectivity index (χ0v) is 10.2. The molecule has 88 valence electrons. The molecule has 0 saturated carbocycles. The van der Waals surface area contributed by atoms with Gasteiger partial charge in [0.05, 0.1) is 0 Å². The number of halogens is 1. The van der Waals surface area contributed by atoms with E-state index < -0.39 is 0 Å². The molecule has 1 saturated heterocycles. The van der Waals surface area contributed by atoms with Crippen molar-refractivity contribution in [1.82, 2.24) is 0 Å². The molecule has 1 heterocycles. The third kappa shape index (κ3) is 3.67. The minimum absolute atomic E-state index is 0.754. The van der Waals surface area contributed by atoms with Crippen LogP contribution in [0.5, 0.6) is 5.75 Å². The molecular weight excluding hydrogens is 224 g/mol. The van der Waals surface area contributed by atoms with Gasteiger partial charge in [0.1, 0.15) is 45.1 Å². The Morgan fingerprint density at radius 2 is 1.88 bits per heavy atom. The number of benzene rings is 1. The summed E-state index contributed by atoms with van der Waals surface area (Å²) >= 11 is 5.80. The maximum absolute atomic E-state index is 5.80. The lowest BCUT2D eigenvalue weighted by molar-refractivity contribution is -0.946. The Bertz CT molecular complexity index is 309. The van der Waals surface area contributed by atoms with Gasteiger partial charge in [-0.05, 0) is 24.3 Å². The summed E-state index contributed by atoms with van der Waals surface area (Å²) < 4.78 is 5.67. The van der Waals surface area contributed by atoms with E-state index in [-0.39, 0.29) is 0 Å². The summed E-state index contributed by atoms with van der Waals surface area (Å²) in [5.41, 5.74) is 0. The zero-order chi connectivity index (χ0) is 11.2.